The van der Waals surface area contributed by atoms with E-state index in [9.17, 15) is 0 Å². The van der Waals surface area contributed by atoms with E-state index in [2.05, 4.69) is 31.0 Å². The summed E-state index contributed by atoms with van der Waals surface area (Å²) in [6.45, 7) is 10.3. The Hall–Kier alpha value is -0.120. The number of nitrogens with one attached hydrogen (secondary N) is 1. The van der Waals surface area contributed by atoms with Crippen LogP contribution < -0.4 is 5.32 Å². The Balaban J connectivity index is 1.95. The largest absolute Gasteiger partial charge is 0.377 e. The zero-order valence-electron chi connectivity index (χ0n) is 11.2. The van der Waals surface area contributed by atoms with Crippen molar-refractivity contribution in [3.05, 3.63) is 0 Å². The first-order chi connectivity index (χ1) is 7.44. The van der Waals surface area contributed by atoms with Gasteiger partial charge in [0.25, 0.3) is 0 Å². The Kier molecular flexibility index (Phi) is 3.30. The Labute approximate surface area is 99.5 Å². The second-order valence-corrected chi connectivity index (χ2v) is 6.35. The van der Waals surface area contributed by atoms with Gasteiger partial charge in [0.05, 0.1) is 5.60 Å². The molecule has 1 N–H and O–H groups in total. The van der Waals surface area contributed by atoms with Gasteiger partial charge in [0, 0.05) is 31.8 Å². The number of piperidine rings is 1. The summed E-state index contributed by atoms with van der Waals surface area (Å²) in [7, 11) is 1.85. The average Bonchev–Trinajstić information content (AvgIpc) is 2.59. The Morgan fingerprint density at radius 1 is 1.31 bits per heavy atom. The van der Waals surface area contributed by atoms with Crippen molar-refractivity contribution < 1.29 is 4.74 Å². The second kappa shape index (κ2) is 4.28. The maximum atomic E-state index is 5.66. The van der Waals surface area contributed by atoms with Crippen molar-refractivity contribution in [3.8, 4) is 0 Å². The minimum Gasteiger partial charge on any atom is -0.377 e. The van der Waals surface area contributed by atoms with Gasteiger partial charge >= 0.3 is 0 Å². The molecule has 2 heterocycles. The molecule has 0 bridgehead atoms. The normalized spacial score (nSPS) is 40.1. The van der Waals surface area contributed by atoms with E-state index in [4.69, 9.17) is 4.74 Å². The van der Waals surface area contributed by atoms with Crippen molar-refractivity contribution in [2.24, 2.45) is 0 Å². The SMILES string of the molecule is COC1(C)CCCN(C2CNC(C)(C)C2)C1. The molecule has 2 saturated heterocycles. The highest BCUT2D eigenvalue weighted by molar-refractivity contribution is 4.97. The fraction of sp³-hybridized carbons (Fsp3) is 1.00. The summed E-state index contributed by atoms with van der Waals surface area (Å²) in [6.07, 6.45) is 3.72. The summed E-state index contributed by atoms with van der Waals surface area (Å²) < 4.78 is 5.66. The van der Waals surface area contributed by atoms with Crippen LogP contribution in [0.15, 0.2) is 0 Å². The van der Waals surface area contributed by atoms with Crippen LogP contribution >= 0.6 is 0 Å². The van der Waals surface area contributed by atoms with Crippen LogP contribution in [-0.2, 0) is 4.74 Å². The van der Waals surface area contributed by atoms with Crippen LogP contribution in [-0.4, -0.2) is 48.8 Å². The van der Waals surface area contributed by atoms with Gasteiger partial charge in [-0.2, -0.15) is 0 Å². The average molecular weight is 226 g/mol. The Morgan fingerprint density at radius 2 is 2.06 bits per heavy atom. The molecule has 0 spiro atoms. The zero-order chi connectivity index (χ0) is 11.8. The molecule has 0 radical (unpaired) electrons. The lowest BCUT2D eigenvalue weighted by Crippen LogP contribution is -2.51. The number of hydrogen-bond acceptors (Lipinski definition) is 3. The third-order valence-electron chi connectivity index (χ3n) is 4.26. The van der Waals surface area contributed by atoms with E-state index in [1.807, 2.05) is 7.11 Å². The quantitative estimate of drug-likeness (QED) is 0.774. The molecule has 3 heteroatoms. The fourth-order valence-electron chi connectivity index (χ4n) is 3.11. The van der Waals surface area contributed by atoms with Gasteiger partial charge in [0.1, 0.15) is 0 Å². The van der Waals surface area contributed by atoms with Gasteiger partial charge in [-0.05, 0) is 46.6 Å². The van der Waals surface area contributed by atoms with Gasteiger partial charge in [0.2, 0.25) is 0 Å². The highest BCUT2D eigenvalue weighted by atomic mass is 16.5. The Bertz CT molecular complexity index is 254. The molecule has 0 aromatic heterocycles. The smallest absolute Gasteiger partial charge is 0.0777 e. The van der Waals surface area contributed by atoms with Crippen LogP contribution in [0.25, 0.3) is 0 Å². The third-order valence-corrected chi connectivity index (χ3v) is 4.26. The summed E-state index contributed by atoms with van der Waals surface area (Å²) in [5, 5.41) is 3.61. The van der Waals surface area contributed by atoms with E-state index in [0.717, 1.165) is 13.1 Å². The third kappa shape index (κ3) is 2.58. The molecule has 16 heavy (non-hydrogen) atoms. The summed E-state index contributed by atoms with van der Waals surface area (Å²) >= 11 is 0. The summed E-state index contributed by atoms with van der Waals surface area (Å²) in [5.41, 5.74) is 0.385. The Morgan fingerprint density at radius 3 is 2.62 bits per heavy atom. The highest BCUT2D eigenvalue weighted by Gasteiger charge is 2.38. The molecule has 0 aliphatic carbocycles. The van der Waals surface area contributed by atoms with E-state index in [1.165, 1.54) is 25.8 Å². The van der Waals surface area contributed by atoms with Crippen LogP contribution in [0.4, 0.5) is 0 Å². The lowest BCUT2D eigenvalue weighted by atomic mass is 9.92. The molecule has 2 unspecified atom stereocenters. The summed E-state index contributed by atoms with van der Waals surface area (Å²) in [5.74, 6) is 0. The molecule has 2 atom stereocenters. The van der Waals surface area contributed by atoms with Crippen LogP contribution in [0.3, 0.4) is 0 Å². The van der Waals surface area contributed by atoms with Crippen molar-refractivity contribution in [2.75, 3.05) is 26.7 Å². The molecule has 2 fully saturated rings. The molecule has 2 rings (SSSR count). The molecule has 0 aromatic carbocycles. The van der Waals surface area contributed by atoms with Crippen LogP contribution in [0.2, 0.25) is 0 Å². The van der Waals surface area contributed by atoms with E-state index in [0.29, 0.717) is 11.6 Å². The van der Waals surface area contributed by atoms with Gasteiger partial charge in [-0.15, -0.1) is 0 Å². The molecule has 2 aliphatic heterocycles. The summed E-state index contributed by atoms with van der Waals surface area (Å²) in [6, 6.07) is 0.699. The number of nitrogens with zero attached hydrogens (tertiary/aromatic N) is 1. The number of likely N-dealkylation sites (tertiary alicyclic amines) is 1. The first-order valence-corrected chi connectivity index (χ1v) is 6.48. The fourth-order valence-corrected chi connectivity index (χ4v) is 3.11. The number of ether oxygens (including phenoxy) is 1. The van der Waals surface area contributed by atoms with Gasteiger partial charge < -0.3 is 10.1 Å². The van der Waals surface area contributed by atoms with E-state index in [1.54, 1.807) is 0 Å². The standard InChI is InChI=1S/C13H26N2O/c1-12(2)8-11(9-14-12)15-7-5-6-13(3,10-15)16-4/h11,14H,5-10H2,1-4H3. The lowest BCUT2D eigenvalue weighted by Gasteiger charge is -2.42. The van der Waals surface area contributed by atoms with E-state index < -0.39 is 0 Å². The van der Waals surface area contributed by atoms with Gasteiger partial charge in [-0.1, -0.05) is 0 Å². The van der Waals surface area contributed by atoms with Gasteiger partial charge in [-0.25, -0.2) is 0 Å². The molecule has 3 nitrogen and oxygen atoms in total. The minimum atomic E-state index is 0.0744. The molecule has 2 aliphatic rings. The second-order valence-electron chi connectivity index (χ2n) is 6.35. The molecule has 0 saturated carbocycles. The first kappa shape index (κ1) is 12.3. The maximum Gasteiger partial charge on any atom is 0.0777 e. The topological polar surface area (TPSA) is 24.5 Å². The zero-order valence-corrected chi connectivity index (χ0v) is 11.2. The summed E-state index contributed by atoms with van der Waals surface area (Å²) in [4.78, 5) is 2.62. The van der Waals surface area contributed by atoms with Crippen molar-refractivity contribution >= 4 is 0 Å². The minimum absolute atomic E-state index is 0.0744. The molecule has 0 aromatic rings. The van der Waals surface area contributed by atoms with Gasteiger partial charge in [-0.3, -0.25) is 4.90 Å². The number of hydrogen-bond donors (Lipinski definition) is 1. The van der Waals surface area contributed by atoms with E-state index in [-0.39, 0.29) is 5.60 Å². The molecular weight excluding hydrogens is 200 g/mol. The van der Waals surface area contributed by atoms with Crippen LogP contribution in [0, 0.1) is 0 Å². The number of rotatable bonds is 2. The maximum absolute atomic E-state index is 5.66. The lowest BCUT2D eigenvalue weighted by molar-refractivity contribution is -0.0597. The number of methoxy groups -OCH3 is 1. The van der Waals surface area contributed by atoms with Crippen molar-refractivity contribution in [3.63, 3.8) is 0 Å². The van der Waals surface area contributed by atoms with Crippen molar-refractivity contribution in [2.45, 2.75) is 57.2 Å². The molecule has 94 valence electrons. The molecule has 0 amide bonds. The highest BCUT2D eigenvalue weighted by Crippen LogP contribution is 2.29. The first-order valence-electron chi connectivity index (χ1n) is 6.48. The van der Waals surface area contributed by atoms with Crippen molar-refractivity contribution in [1.29, 1.82) is 0 Å². The predicted octanol–water partition coefficient (Wildman–Crippen LogP) is 1.63. The van der Waals surface area contributed by atoms with Crippen LogP contribution in [0.1, 0.15) is 40.0 Å². The predicted molar refractivity (Wildman–Crippen MR) is 66.7 cm³/mol. The van der Waals surface area contributed by atoms with Crippen LogP contribution in [0.5, 0.6) is 0 Å². The monoisotopic (exact) mass is 226 g/mol. The van der Waals surface area contributed by atoms with E-state index >= 15 is 0 Å². The molecular formula is C13H26N2O. The van der Waals surface area contributed by atoms with Gasteiger partial charge in [0.15, 0.2) is 0 Å². The van der Waals surface area contributed by atoms with Crippen molar-refractivity contribution in [1.82, 2.24) is 10.2 Å².